The van der Waals surface area contributed by atoms with Crippen LogP contribution in [0.1, 0.15) is 25.5 Å². The van der Waals surface area contributed by atoms with Gasteiger partial charge in [0.1, 0.15) is 0 Å². The van der Waals surface area contributed by atoms with E-state index in [1.165, 1.54) is 0 Å². The fraction of sp³-hybridized carbons (Fsp3) is 0.714. The minimum atomic E-state index is 0.454. The van der Waals surface area contributed by atoms with Crippen LogP contribution in [0.5, 0.6) is 0 Å². The molecule has 0 aliphatic carbocycles. The van der Waals surface area contributed by atoms with Crippen molar-refractivity contribution >= 4 is 15.9 Å². The first-order valence-corrected chi connectivity index (χ1v) is 4.53. The Hall–Kier alpha value is -0.380. The van der Waals surface area contributed by atoms with E-state index in [1.54, 1.807) is 0 Å². The Morgan fingerprint density at radius 3 is 2.55 bits per heavy atom. The summed E-state index contributed by atoms with van der Waals surface area (Å²) in [5, 5.41) is 7.68. The second-order valence-corrected chi connectivity index (χ2v) is 4.19. The first kappa shape index (κ1) is 8.71. The predicted octanol–water partition coefficient (Wildman–Crippen LogP) is 1.70. The van der Waals surface area contributed by atoms with Crippen LogP contribution < -0.4 is 0 Å². The highest BCUT2D eigenvalue weighted by atomic mass is 79.9. The predicted molar refractivity (Wildman–Crippen MR) is 47.8 cm³/mol. The molecule has 1 aromatic rings. The van der Waals surface area contributed by atoms with Crippen LogP contribution in [0.3, 0.4) is 0 Å². The molecule has 1 rings (SSSR count). The number of aromatic nitrogens is 3. The summed E-state index contributed by atoms with van der Waals surface area (Å²) in [6.07, 6.45) is 1.81. The Labute approximate surface area is 74.9 Å². The summed E-state index contributed by atoms with van der Waals surface area (Å²) < 4.78 is 1.81. The molecule has 1 aromatic heterocycles. The first-order chi connectivity index (χ1) is 5.13. The molecule has 3 nitrogen and oxygen atoms in total. The SMILES string of the molecule is CC(Br)C(C)c1cnnn1C. The lowest BCUT2D eigenvalue weighted by Gasteiger charge is -2.12. The van der Waals surface area contributed by atoms with Gasteiger partial charge in [-0.3, -0.25) is 4.68 Å². The van der Waals surface area contributed by atoms with Gasteiger partial charge in [-0.05, 0) is 0 Å². The van der Waals surface area contributed by atoms with Crippen LogP contribution in [-0.4, -0.2) is 19.8 Å². The van der Waals surface area contributed by atoms with E-state index in [4.69, 9.17) is 0 Å². The Balaban J connectivity index is 2.84. The molecule has 0 amide bonds. The first-order valence-electron chi connectivity index (χ1n) is 3.61. The molecule has 1 heterocycles. The van der Waals surface area contributed by atoms with Crippen molar-refractivity contribution < 1.29 is 0 Å². The minimum absolute atomic E-state index is 0.454. The number of nitrogens with zero attached hydrogens (tertiary/aromatic N) is 3. The summed E-state index contributed by atoms with van der Waals surface area (Å²) in [6.45, 7) is 4.27. The zero-order valence-corrected chi connectivity index (χ0v) is 8.54. The average Bonchev–Trinajstić information content (AvgIpc) is 2.33. The van der Waals surface area contributed by atoms with Crippen LogP contribution in [0, 0.1) is 0 Å². The Morgan fingerprint density at radius 1 is 1.55 bits per heavy atom. The van der Waals surface area contributed by atoms with Gasteiger partial charge >= 0.3 is 0 Å². The fourth-order valence-electron chi connectivity index (χ4n) is 0.945. The lowest BCUT2D eigenvalue weighted by molar-refractivity contribution is 0.624. The third-order valence-electron chi connectivity index (χ3n) is 1.90. The van der Waals surface area contributed by atoms with Crippen LogP contribution in [0.4, 0.5) is 0 Å². The Morgan fingerprint density at radius 2 is 2.18 bits per heavy atom. The second kappa shape index (κ2) is 3.34. The van der Waals surface area contributed by atoms with E-state index in [0.717, 1.165) is 5.69 Å². The van der Waals surface area contributed by atoms with E-state index in [2.05, 4.69) is 40.1 Å². The Bertz CT molecular complexity index is 231. The molecule has 11 heavy (non-hydrogen) atoms. The van der Waals surface area contributed by atoms with Gasteiger partial charge in [0, 0.05) is 17.8 Å². The number of alkyl halides is 1. The standard InChI is InChI=1S/C7H12BrN3/c1-5(6(2)8)7-4-9-10-11(7)3/h4-6H,1-3H3. The smallest absolute Gasteiger partial charge is 0.0728 e. The average molecular weight is 218 g/mol. The third-order valence-corrected chi connectivity index (χ3v) is 2.70. The second-order valence-electron chi connectivity index (χ2n) is 2.75. The lowest BCUT2D eigenvalue weighted by Crippen LogP contribution is -2.09. The van der Waals surface area contributed by atoms with Gasteiger partial charge in [-0.1, -0.05) is 35.0 Å². The molecule has 62 valence electrons. The molecule has 0 aromatic carbocycles. The van der Waals surface area contributed by atoms with Crippen molar-refractivity contribution in [2.24, 2.45) is 7.05 Å². The number of halogens is 1. The van der Waals surface area contributed by atoms with E-state index in [-0.39, 0.29) is 0 Å². The van der Waals surface area contributed by atoms with Gasteiger partial charge in [0.05, 0.1) is 11.9 Å². The monoisotopic (exact) mass is 217 g/mol. The fourth-order valence-corrected chi connectivity index (χ4v) is 1.22. The number of aryl methyl sites for hydroxylation is 1. The highest BCUT2D eigenvalue weighted by Crippen LogP contribution is 2.22. The summed E-state index contributed by atoms with van der Waals surface area (Å²) in [5.41, 5.74) is 1.16. The maximum atomic E-state index is 3.87. The van der Waals surface area contributed by atoms with Gasteiger partial charge in [-0.15, -0.1) is 5.10 Å². The lowest BCUT2D eigenvalue weighted by atomic mass is 10.1. The van der Waals surface area contributed by atoms with Crippen LogP contribution in [-0.2, 0) is 7.05 Å². The number of hydrogen-bond donors (Lipinski definition) is 0. The topological polar surface area (TPSA) is 30.7 Å². The molecule has 0 bridgehead atoms. The zero-order chi connectivity index (χ0) is 8.43. The summed E-state index contributed by atoms with van der Waals surface area (Å²) in [5.74, 6) is 0.454. The number of rotatable bonds is 2. The zero-order valence-electron chi connectivity index (χ0n) is 6.95. The van der Waals surface area contributed by atoms with Crippen LogP contribution in [0.15, 0.2) is 6.20 Å². The van der Waals surface area contributed by atoms with Gasteiger partial charge in [0.2, 0.25) is 0 Å². The molecule has 0 radical (unpaired) electrons. The molecule has 0 fully saturated rings. The quantitative estimate of drug-likeness (QED) is 0.707. The van der Waals surface area contributed by atoms with Crippen molar-refractivity contribution in [1.82, 2.24) is 15.0 Å². The summed E-state index contributed by atoms with van der Waals surface area (Å²) in [6, 6.07) is 0. The summed E-state index contributed by atoms with van der Waals surface area (Å²) in [7, 11) is 1.91. The minimum Gasteiger partial charge on any atom is -0.252 e. The molecule has 2 atom stereocenters. The molecule has 0 N–H and O–H groups in total. The van der Waals surface area contributed by atoms with Crippen molar-refractivity contribution in [2.75, 3.05) is 0 Å². The molecule has 0 aliphatic rings. The van der Waals surface area contributed by atoms with E-state index in [0.29, 0.717) is 10.7 Å². The van der Waals surface area contributed by atoms with Crippen molar-refractivity contribution in [3.8, 4) is 0 Å². The van der Waals surface area contributed by atoms with Crippen molar-refractivity contribution in [3.63, 3.8) is 0 Å². The highest BCUT2D eigenvalue weighted by molar-refractivity contribution is 9.09. The van der Waals surface area contributed by atoms with Crippen LogP contribution in [0.2, 0.25) is 0 Å². The summed E-state index contributed by atoms with van der Waals surface area (Å²) in [4.78, 5) is 0.458. The van der Waals surface area contributed by atoms with Gasteiger partial charge < -0.3 is 0 Å². The molecular formula is C7H12BrN3. The highest BCUT2D eigenvalue weighted by Gasteiger charge is 2.14. The van der Waals surface area contributed by atoms with Crippen molar-refractivity contribution in [2.45, 2.75) is 24.6 Å². The molecule has 0 spiro atoms. The van der Waals surface area contributed by atoms with E-state index in [1.807, 2.05) is 17.9 Å². The largest absolute Gasteiger partial charge is 0.252 e. The normalized spacial score (nSPS) is 16.4. The van der Waals surface area contributed by atoms with Gasteiger partial charge in [0.25, 0.3) is 0 Å². The molecule has 4 heteroatoms. The summed E-state index contributed by atoms with van der Waals surface area (Å²) >= 11 is 3.53. The molecule has 0 saturated carbocycles. The van der Waals surface area contributed by atoms with Crippen LogP contribution in [0.25, 0.3) is 0 Å². The maximum absolute atomic E-state index is 3.87. The van der Waals surface area contributed by atoms with E-state index >= 15 is 0 Å². The van der Waals surface area contributed by atoms with Gasteiger partial charge in [0.15, 0.2) is 0 Å². The Kier molecular flexibility index (Phi) is 2.65. The number of hydrogen-bond acceptors (Lipinski definition) is 2. The molecular weight excluding hydrogens is 206 g/mol. The molecule has 2 unspecified atom stereocenters. The van der Waals surface area contributed by atoms with Gasteiger partial charge in [-0.2, -0.15) is 0 Å². The van der Waals surface area contributed by atoms with E-state index in [9.17, 15) is 0 Å². The molecule has 0 saturated heterocycles. The maximum Gasteiger partial charge on any atom is 0.0728 e. The third kappa shape index (κ3) is 1.80. The van der Waals surface area contributed by atoms with E-state index < -0.39 is 0 Å². The van der Waals surface area contributed by atoms with Crippen molar-refractivity contribution in [1.29, 1.82) is 0 Å². The molecule has 0 aliphatic heterocycles. The van der Waals surface area contributed by atoms with Crippen LogP contribution >= 0.6 is 15.9 Å². The van der Waals surface area contributed by atoms with Gasteiger partial charge in [-0.25, -0.2) is 0 Å². The van der Waals surface area contributed by atoms with Crippen molar-refractivity contribution in [3.05, 3.63) is 11.9 Å².